The maximum absolute atomic E-state index is 14.2. The predicted molar refractivity (Wildman–Crippen MR) is 162 cm³/mol. The molecule has 5 rings (SSSR count). The van der Waals surface area contributed by atoms with E-state index < -0.39 is 28.5 Å². The molecule has 228 valence electrons. The minimum atomic E-state index is -4.19. The molecule has 1 fully saturated rings. The Bertz CT molecular complexity index is 1540. The van der Waals surface area contributed by atoms with Gasteiger partial charge in [-0.1, -0.05) is 43.2 Å². The molecule has 43 heavy (non-hydrogen) atoms. The number of sulfonamides is 1. The Morgan fingerprint density at radius 2 is 1.67 bits per heavy atom. The number of hydrogen-bond donors (Lipinski definition) is 1. The fourth-order valence-corrected chi connectivity index (χ4v) is 6.80. The van der Waals surface area contributed by atoms with Crippen LogP contribution in [-0.2, 0) is 26.2 Å². The third kappa shape index (κ3) is 7.05. The molecule has 0 aromatic heterocycles. The van der Waals surface area contributed by atoms with Gasteiger partial charge in [0.15, 0.2) is 11.5 Å². The van der Waals surface area contributed by atoms with E-state index in [1.807, 2.05) is 6.07 Å². The number of benzene rings is 3. The second kappa shape index (κ2) is 13.4. The molecule has 1 heterocycles. The van der Waals surface area contributed by atoms with Crippen molar-refractivity contribution in [1.82, 2.24) is 10.2 Å². The van der Waals surface area contributed by atoms with Crippen molar-refractivity contribution in [2.45, 2.75) is 56.1 Å². The van der Waals surface area contributed by atoms with Crippen LogP contribution in [0.3, 0.4) is 0 Å². The molecule has 3 aromatic carbocycles. The van der Waals surface area contributed by atoms with Crippen LogP contribution in [-0.4, -0.2) is 64.1 Å². The van der Waals surface area contributed by atoms with E-state index in [2.05, 4.69) is 5.32 Å². The summed E-state index contributed by atoms with van der Waals surface area (Å²) in [6.45, 7) is 1.92. The molecule has 11 heteroatoms. The topological polar surface area (TPSA) is 114 Å². The highest BCUT2D eigenvalue weighted by atomic mass is 32.2. The highest BCUT2D eigenvalue weighted by Crippen LogP contribution is 2.36. The number of amides is 2. The van der Waals surface area contributed by atoms with Gasteiger partial charge in [0.05, 0.1) is 17.7 Å². The van der Waals surface area contributed by atoms with E-state index >= 15 is 0 Å². The number of hydrogen-bond acceptors (Lipinski definition) is 7. The molecule has 2 amide bonds. The van der Waals surface area contributed by atoms with Crippen molar-refractivity contribution in [3.8, 4) is 17.2 Å². The first-order valence-corrected chi connectivity index (χ1v) is 15.9. The second-order valence-electron chi connectivity index (χ2n) is 10.7. The molecule has 0 bridgehead atoms. The first kappa shape index (κ1) is 30.2. The van der Waals surface area contributed by atoms with Crippen LogP contribution < -0.4 is 23.8 Å². The van der Waals surface area contributed by atoms with E-state index in [4.69, 9.17) is 14.2 Å². The van der Waals surface area contributed by atoms with E-state index in [0.29, 0.717) is 30.5 Å². The smallest absolute Gasteiger partial charge is 0.264 e. The zero-order valence-electron chi connectivity index (χ0n) is 24.4. The Labute approximate surface area is 252 Å². The van der Waals surface area contributed by atoms with Crippen LogP contribution >= 0.6 is 0 Å². The Kier molecular flexibility index (Phi) is 9.40. The fraction of sp³-hybridized carbons (Fsp3) is 0.375. The van der Waals surface area contributed by atoms with Gasteiger partial charge in [-0.3, -0.25) is 13.9 Å². The Balaban J connectivity index is 1.49. The molecule has 0 radical (unpaired) electrons. The van der Waals surface area contributed by atoms with E-state index in [1.54, 1.807) is 68.6 Å². The molecular weight excluding hydrogens is 570 g/mol. The van der Waals surface area contributed by atoms with E-state index in [0.717, 1.165) is 35.6 Å². The standard InChI is InChI=1S/C32H37N3O7S/c1-23(32(37)33-25-10-6-7-11-25)34(21-24-9-8-12-27(19-24)40-2)31(36)22-35(43(38,39)28-13-4-3-5-14-28)26-15-16-29-30(20-26)42-18-17-41-29/h3-5,8-9,12-16,19-20,23,25H,6-7,10-11,17-18,21-22H2,1-2H3,(H,33,37)/t23-/m0/s1. The third-order valence-corrected chi connectivity index (χ3v) is 9.57. The molecule has 0 spiro atoms. The molecule has 1 atom stereocenters. The average Bonchev–Trinajstić information content (AvgIpc) is 3.55. The largest absolute Gasteiger partial charge is 0.497 e. The molecule has 0 unspecified atom stereocenters. The van der Waals surface area contributed by atoms with Gasteiger partial charge in [0, 0.05) is 18.7 Å². The van der Waals surface area contributed by atoms with Crippen LogP contribution in [0, 0.1) is 0 Å². The van der Waals surface area contributed by atoms with Crippen molar-refractivity contribution in [1.29, 1.82) is 0 Å². The van der Waals surface area contributed by atoms with Crippen molar-refractivity contribution >= 4 is 27.5 Å². The summed E-state index contributed by atoms with van der Waals surface area (Å²) in [7, 11) is -2.63. The van der Waals surface area contributed by atoms with Gasteiger partial charge < -0.3 is 24.4 Å². The normalized spacial score (nSPS) is 15.4. The summed E-state index contributed by atoms with van der Waals surface area (Å²) in [5.41, 5.74) is 0.982. The molecule has 10 nitrogen and oxygen atoms in total. The lowest BCUT2D eigenvalue weighted by Crippen LogP contribution is -2.52. The summed E-state index contributed by atoms with van der Waals surface area (Å²) in [6, 6.07) is 19.2. The predicted octanol–water partition coefficient (Wildman–Crippen LogP) is 4.14. The van der Waals surface area contributed by atoms with Crippen molar-refractivity contribution in [2.24, 2.45) is 0 Å². The number of carbonyl (C=O) groups excluding carboxylic acids is 2. The van der Waals surface area contributed by atoms with E-state index in [-0.39, 0.29) is 29.1 Å². The van der Waals surface area contributed by atoms with Crippen LogP contribution in [0.4, 0.5) is 5.69 Å². The number of carbonyl (C=O) groups is 2. The molecule has 3 aromatic rings. The molecular formula is C32H37N3O7S. The number of fused-ring (bicyclic) bond motifs is 1. The second-order valence-corrected chi connectivity index (χ2v) is 12.6. The van der Waals surface area contributed by atoms with Gasteiger partial charge in [0.2, 0.25) is 11.8 Å². The van der Waals surface area contributed by atoms with Crippen LogP contribution in [0.15, 0.2) is 77.7 Å². The lowest BCUT2D eigenvalue weighted by atomic mass is 10.1. The number of ether oxygens (including phenoxy) is 3. The van der Waals surface area contributed by atoms with Gasteiger partial charge in [0.25, 0.3) is 10.0 Å². The highest BCUT2D eigenvalue weighted by molar-refractivity contribution is 7.92. The maximum atomic E-state index is 14.2. The molecule has 2 aliphatic rings. The van der Waals surface area contributed by atoms with Crippen LogP contribution in [0.1, 0.15) is 38.2 Å². The first-order valence-electron chi connectivity index (χ1n) is 14.5. The van der Waals surface area contributed by atoms with Gasteiger partial charge in [0.1, 0.15) is 31.5 Å². The van der Waals surface area contributed by atoms with E-state index in [9.17, 15) is 18.0 Å². The number of nitrogens with one attached hydrogen (secondary N) is 1. The van der Waals surface area contributed by atoms with Crippen molar-refractivity contribution in [3.63, 3.8) is 0 Å². The minimum Gasteiger partial charge on any atom is -0.497 e. The SMILES string of the molecule is COc1cccc(CN(C(=O)CN(c2ccc3c(c2)OCCO3)S(=O)(=O)c2ccccc2)[C@@H](C)C(=O)NC2CCCC2)c1. The number of rotatable bonds is 11. The highest BCUT2D eigenvalue weighted by Gasteiger charge is 2.34. The lowest BCUT2D eigenvalue weighted by Gasteiger charge is -2.33. The number of anilines is 1. The third-order valence-electron chi connectivity index (χ3n) is 7.78. The van der Waals surface area contributed by atoms with Gasteiger partial charge in [-0.05, 0) is 61.7 Å². The van der Waals surface area contributed by atoms with Crippen molar-refractivity contribution in [3.05, 3.63) is 78.4 Å². The maximum Gasteiger partial charge on any atom is 0.264 e. The Hall–Kier alpha value is -4.25. The first-order chi connectivity index (χ1) is 20.8. The molecule has 1 N–H and O–H groups in total. The van der Waals surface area contributed by atoms with Crippen LogP contribution in [0.25, 0.3) is 0 Å². The summed E-state index contributed by atoms with van der Waals surface area (Å²) < 4.78 is 45.8. The summed E-state index contributed by atoms with van der Waals surface area (Å²) in [4.78, 5) is 29.0. The average molecular weight is 608 g/mol. The van der Waals surface area contributed by atoms with Gasteiger partial charge >= 0.3 is 0 Å². The zero-order valence-corrected chi connectivity index (χ0v) is 25.2. The van der Waals surface area contributed by atoms with Gasteiger partial charge in [-0.15, -0.1) is 0 Å². The fourth-order valence-electron chi connectivity index (χ4n) is 5.38. The number of methoxy groups -OCH3 is 1. The molecule has 1 aliphatic carbocycles. The van der Waals surface area contributed by atoms with Gasteiger partial charge in [-0.25, -0.2) is 8.42 Å². The van der Waals surface area contributed by atoms with Gasteiger partial charge in [-0.2, -0.15) is 0 Å². The van der Waals surface area contributed by atoms with Crippen molar-refractivity contribution in [2.75, 3.05) is 31.2 Å². The monoisotopic (exact) mass is 607 g/mol. The zero-order chi connectivity index (χ0) is 30.4. The van der Waals surface area contributed by atoms with Crippen LogP contribution in [0.2, 0.25) is 0 Å². The molecule has 0 saturated heterocycles. The quantitative estimate of drug-likeness (QED) is 0.349. The van der Waals surface area contributed by atoms with Crippen LogP contribution in [0.5, 0.6) is 17.2 Å². The molecule has 1 aliphatic heterocycles. The minimum absolute atomic E-state index is 0.0315. The summed E-state index contributed by atoms with van der Waals surface area (Å²) in [5.74, 6) is 0.681. The molecule has 1 saturated carbocycles. The van der Waals surface area contributed by atoms with Crippen molar-refractivity contribution < 1.29 is 32.2 Å². The Morgan fingerprint density at radius 1 is 0.953 bits per heavy atom. The summed E-state index contributed by atoms with van der Waals surface area (Å²) in [5, 5.41) is 3.08. The van der Waals surface area contributed by atoms with E-state index in [1.165, 1.54) is 17.0 Å². The number of nitrogens with zero attached hydrogens (tertiary/aromatic N) is 2. The Morgan fingerprint density at radius 3 is 2.40 bits per heavy atom. The lowest BCUT2D eigenvalue weighted by molar-refractivity contribution is -0.139. The summed E-state index contributed by atoms with van der Waals surface area (Å²) in [6.07, 6.45) is 3.90. The summed E-state index contributed by atoms with van der Waals surface area (Å²) >= 11 is 0.